The Morgan fingerprint density at radius 2 is 2.06 bits per heavy atom. The maximum atomic E-state index is 11.6. The van der Waals surface area contributed by atoms with E-state index in [9.17, 15) is 13.2 Å². The molecule has 0 aliphatic carbocycles. The van der Waals surface area contributed by atoms with Crippen LogP contribution in [0.4, 0.5) is 5.69 Å². The van der Waals surface area contributed by atoms with E-state index in [1.807, 2.05) is 0 Å². The van der Waals surface area contributed by atoms with Crippen LogP contribution in [0.25, 0.3) is 0 Å². The quantitative estimate of drug-likeness (QED) is 0.792. The van der Waals surface area contributed by atoms with Gasteiger partial charge in [-0.1, -0.05) is 6.07 Å². The number of carbonyl (C=O) groups is 1. The lowest BCUT2D eigenvalue weighted by atomic mass is 10.0. The van der Waals surface area contributed by atoms with Gasteiger partial charge in [0.2, 0.25) is 10.0 Å². The van der Waals surface area contributed by atoms with E-state index >= 15 is 0 Å². The van der Waals surface area contributed by atoms with Crippen molar-refractivity contribution in [3.63, 3.8) is 0 Å². The number of sulfonamides is 1. The monoisotopic (exact) mass is 272 g/mol. The van der Waals surface area contributed by atoms with Gasteiger partial charge in [-0.3, -0.25) is 4.72 Å². The first-order chi connectivity index (χ1) is 8.24. The lowest BCUT2D eigenvalue weighted by molar-refractivity contribution is 0.0602. The molecule has 6 nitrogen and oxygen atoms in total. The molecule has 0 aliphatic heterocycles. The molecule has 0 bridgehead atoms. The fourth-order valence-corrected chi connectivity index (χ4v) is 1.99. The van der Waals surface area contributed by atoms with E-state index in [0.29, 0.717) is 0 Å². The average molecular weight is 272 g/mol. The zero-order valence-electron chi connectivity index (χ0n) is 10.4. The highest BCUT2D eigenvalue weighted by Crippen LogP contribution is 2.22. The predicted molar refractivity (Wildman–Crippen MR) is 68.9 cm³/mol. The zero-order chi connectivity index (χ0) is 13.9. The number of rotatable bonds is 4. The van der Waals surface area contributed by atoms with E-state index < -0.39 is 16.0 Å². The minimum absolute atomic E-state index is 0.137. The second-order valence-corrected chi connectivity index (χ2v) is 5.71. The maximum absolute atomic E-state index is 11.6. The second-order valence-electron chi connectivity index (χ2n) is 3.96. The third kappa shape index (κ3) is 3.71. The van der Waals surface area contributed by atoms with Gasteiger partial charge in [-0.15, -0.1) is 0 Å². The summed E-state index contributed by atoms with van der Waals surface area (Å²) < 4.78 is 29.3. The molecule has 7 heteroatoms. The highest BCUT2D eigenvalue weighted by molar-refractivity contribution is 7.92. The predicted octanol–water partition coefficient (Wildman–Crippen LogP) is 0.864. The summed E-state index contributed by atoms with van der Waals surface area (Å²) in [5.41, 5.74) is 6.74. The van der Waals surface area contributed by atoms with Crippen molar-refractivity contribution in [2.24, 2.45) is 5.73 Å². The van der Waals surface area contributed by atoms with E-state index in [0.717, 1.165) is 11.8 Å². The number of ether oxygens (including phenoxy) is 1. The van der Waals surface area contributed by atoms with Gasteiger partial charge >= 0.3 is 5.97 Å². The summed E-state index contributed by atoms with van der Waals surface area (Å²) in [5.74, 6) is -0.622. The highest BCUT2D eigenvalue weighted by Gasteiger charge is 2.16. The van der Waals surface area contributed by atoms with Crippen molar-refractivity contribution in [3.05, 3.63) is 29.3 Å². The van der Waals surface area contributed by atoms with E-state index in [1.54, 1.807) is 13.0 Å². The van der Waals surface area contributed by atoms with Crippen molar-refractivity contribution in [2.75, 3.05) is 18.1 Å². The molecule has 0 saturated heterocycles. The van der Waals surface area contributed by atoms with Gasteiger partial charge in [0.25, 0.3) is 0 Å². The molecule has 3 N–H and O–H groups in total. The summed E-state index contributed by atoms with van der Waals surface area (Å²) in [6, 6.07) is 4.40. The van der Waals surface area contributed by atoms with Crippen LogP contribution >= 0.6 is 0 Å². The Morgan fingerprint density at radius 3 is 2.50 bits per heavy atom. The topological polar surface area (TPSA) is 98.5 Å². The SMILES string of the molecule is COC(=O)c1cc(C(C)N)ccc1NS(C)(=O)=O. The Kier molecular flexibility index (Phi) is 4.31. The summed E-state index contributed by atoms with van der Waals surface area (Å²) in [4.78, 5) is 11.6. The van der Waals surface area contributed by atoms with Crippen molar-refractivity contribution >= 4 is 21.7 Å². The number of nitrogens with one attached hydrogen (secondary N) is 1. The van der Waals surface area contributed by atoms with Crippen LogP contribution in [0, 0.1) is 0 Å². The van der Waals surface area contributed by atoms with Crippen LogP contribution in [0.5, 0.6) is 0 Å². The van der Waals surface area contributed by atoms with Crippen molar-refractivity contribution in [3.8, 4) is 0 Å². The van der Waals surface area contributed by atoms with Crippen LogP contribution in [0.3, 0.4) is 0 Å². The standard InChI is InChI=1S/C11H16N2O4S/c1-7(12)8-4-5-10(13-18(3,15)16)9(6-8)11(14)17-2/h4-7,13H,12H2,1-3H3. The molecule has 0 amide bonds. The van der Waals surface area contributed by atoms with Crippen LogP contribution in [-0.2, 0) is 14.8 Å². The van der Waals surface area contributed by atoms with Crippen molar-refractivity contribution < 1.29 is 17.9 Å². The molecule has 1 aromatic carbocycles. The van der Waals surface area contributed by atoms with Gasteiger partial charge < -0.3 is 10.5 Å². The molecular weight excluding hydrogens is 256 g/mol. The average Bonchev–Trinajstić information content (AvgIpc) is 2.26. The minimum atomic E-state index is -3.46. The van der Waals surface area contributed by atoms with Gasteiger partial charge in [0.15, 0.2) is 0 Å². The van der Waals surface area contributed by atoms with E-state index in [1.165, 1.54) is 19.2 Å². The summed E-state index contributed by atoms with van der Waals surface area (Å²) in [6.07, 6.45) is 1.01. The summed E-state index contributed by atoms with van der Waals surface area (Å²) in [6.45, 7) is 1.76. The zero-order valence-corrected chi connectivity index (χ0v) is 11.2. The fraction of sp³-hybridized carbons (Fsp3) is 0.364. The number of benzene rings is 1. The molecule has 18 heavy (non-hydrogen) atoms. The molecule has 1 unspecified atom stereocenters. The van der Waals surface area contributed by atoms with E-state index in [-0.39, 0.29) is 17.3 Å². The van der Waals surface area contributed by atoms with Crippen molar-refractivity contribution in [1.29, 1.82) is 0 Å². The third-order valence-corrected chi connectivity index (χ3v) is 2.86. The summed E-state index contributed by atoms with van der Waals surface area (Å²) in [7, 11) is -2.24. The number of methoxy groups -OCH3 is 1. The van der Waals surface area contributed by atoms with E-state index in [4.69, 9.17) is 5.73 Å². The molecule has 0 spiro atoms. The molecular formula is C11H16N2O4S. The van der Waals surface area contributed by atoms with Gasteiger partial charge in [0, 0.05) is 6.04 Å². The van der Waals surface area contributed by atoms with Crippen LogP contribution < -0.4 is 10.5 Å². The molecule has 0 radical (unpaired) electrons. The van der Waals surface area contributed by atoms with Gasteiger partial charge in [0.05, 0.1) is 24.6 Å². The lowest BCUT2D eigenvalue weighted by Crippen LogP contribution is -2.15. The number of esters is 1. The third-order valence-electron chi connectivity index (χ3n) is 2.27. The molecule has 0 saturated carbocycles. The van der Waals surface area contributed by atoms with Crippen molar-refractivity contribution in [2.45, 2.75) is 13.0 Å². The molecule has 0 aromatic heterocycles. The van der Waals surface area contributed by atoms with E-state index in [2.05, 4.69) is 9.46 Å². The fourth-order valence-electron chi connectivity index (χ4n) is 1.41. The van der Waals surface area contributed by atoms with Crippen LogP contribution in [0.15, 0.2) is 18.2 Å². The first-order valence-electron chi connectivity index (χ1n) is 5.20. The molecule has 100 valence electrons. The Morgan fingerprint density at radius 1 is 1.44 bits per heavy atom. The summed E-state index contributed by atoms with van der Waals surface area (Å²) >= 11 is 0. The molecule has 0 heterocycles. The largest absolute Gasteiger partial charge is 0.465 e. The lowest BCUT2D eigenvalue weighted by Gasteiger charge is -2.12. The van der Waals surface area contributed by atoms with Crippen LogP contribution in [0.2, 0.25) is 0 Å². The number of nitrogens with two attached hydrogens (primary N) is 1. The minimum Gasteiger partial charge on any atom is -0.465 e. The molecule has 0 fully saturated rings. The van der Waals surface area contributed by atoms with Gasteiger partial charge in [-0.05, 0) is 24.6 Å². The Hall–Kier alpha value is -1.60. The normalized spacial score (nSPS) is 12.9. The molecule has 0 aliphatic rings. The Bertz CT molecular complexity index is 552. The smallest absolute Gasteiger partial charge is 0.340 e. The number of hydrogen-bond acceptors (Lipinski definition) is 5. The van der Waals surface area contributed by atoms with Gasteiger partial charge in [-0.2, -0.15) is 0 Å². The maximum Gasteiger partial charge on any atom is 0.340 e. The van der Waals surface area contributed by atoms with Crippen molar-refractivity contribution in [1.82, 2.24) is 0 Å². The molecule has 1 rings (SSSR count). The van der Waals surface area contributed by atoms with Gasteiger partial charge in [0.1, 0.15) is 0 Å². The summed E-state index contributed by atoms with van der Waals surface area (Å²) in [5, 5.41) is 0. The Labute approximate surface area is 106 Å². The molecule has 1 aromatic rings. The number of hydrogen-bond donors (Lipinski definition) is 2. The highest BCUT2D eigenvalue weighted by atomic mass is 32.2. The number of anilines is 1. The van der Waals surface area contributed by atoms with Crippen LogP contribution in [-0.4, -0.2) is 27.8 Å². The van der Waals surface area contributed by atoms with Gasteiger partial charge in [-0.25, -0.2) is 13.2 Å². The first kappa shape index (κ1) is 14.5. The first-order valence-corrected chi connectivity index (χ1v) is 7.09. The van der Waals surface area contributed by atoms with Crippen LogP contribution in [0.1, 0.15) is 28.9 Å². The number of carbonyl (C=O) groups excluding carboxylic acids is 1. The second kappa shape index (κ2) is 5.36. The Balaban J connectivity index is 3.29. The molecule has 1 atom stereocenters.